The first-order chi connectivity index (χ1) is 15.8. The van der Waals surface area contributed by atoms with Gasteiger partial charge in [0.1, 0.15) is 0 Å². The van der Waals surface area contributed by atoms with Crippen LogP contribution in [-0.4, -0.2) is 6.88 Å². The molecule has 35 heavy (non-hydrogen) atoms. The van der Waals surface area contributed by atoms with Crippen molar-refractivity contribution in [1.82, 2.24) is 0 Å². The van der Waals surface area contributed by atoms with Crippen molar-refractivity contribution in [2.24, 2.45) is 0 Å². The molecule has 0 bridgehead atoms. The van der Waals surface area contributed by atoms with E-state index in [1.54, 1.807) is 23.3 Å². The second-order valence-electron chi connectivity index (χ2n) is 7.65. The van der Waals surface area contributed by atoms with Crippen molar-refractivity contribution in [1.29, 1.82) is 0 Å². The Morgan fingerprint density at radius 2 is 1.03 bits per heavy atom. The van der Waals surface area contributed by atoms with Crippen molar-refractivity contribution < 1.29 is 23.3 Å². The molecule has 0 radical (unpaired) electrons. The van der Waals surface area contributed by atoms with Crippen LogP contribution in [0.2, 0.25) is 0 Å². The first-order valence-corrected chi connectivity index (χ1v) is 17.0. The maximum absolute atomic E-state index is 3.60. The monoisotopic (exact) mass is 594 g/mol. The zero-order valence-corrected chi connectivity index (χ0v) is 26.1. The van der Waals surface area contributed by atoms with E-state index < -0.39 is 0 Å². The van der Waals surface area contributed by atoms with Crippen molar-refractivity contribution in [2.75, 3.05) is 0 Å². The molecular weight excluding hydrogens is 563 g/mol. The predicted octanol–water partition coefficient (Wildman–Crippen LogP) is 8.11. The van der Waals surface area contributed by atoms with E-state index in [9.17, 15) is 0 Å². The quantitative estimate of drug-likeness (QED) is 0.133. The van der Waals surface area contributed by atoms with E-state index in [0.717, 1.165) is 19.3 Å². The van der Waals surface area contributed by atoms with Gasteiger partial charge >= 0.3 is 30.2 Å². The molecule has 0 saturated heterocycles. The van der Waals surface area contributed by atoms with Gasteiger partial charge in [0.05, 0.1) is 0 Å². The van der Waals surface area contributed by atoms with Crippen LogP contribution in [0.25, 0.3) is 22.3 Å². The maximum atomic E-state index is 3.60. The molecule has 2 aliphatic rings. The average Bonchev–Trinajstić information content (AvgIpc) is 3.44. The Balaban J connectivity index is 0.000000507. The summed E-state index contributed by atoms with van der Waals surface area (Å²) in [6.45, 7) is 7.67. The molecule has 0 spiro atoms. The summed E-state index contributed by atoms with van der Waals surface area (Å²) in [5.41, 5.74) is 11.0. The minimum Gasteiger partial charge on any atom is -0.179 e. The van der Waals surface area contributed by atoms with Crippen molar-refractivity contribution in [3.8, 4) is 22.3 Å². The molecule has 0 heterocycles. The number of rotatable bonds is 1. The average molecular weight is 597 g/mol. The van der Waals surface area contributed by atoms with Gasteiger partial charge in [-0.25, -0.2) is 0 Å². The number of fused-ring (bicyclic) bond motifs is 6. The van der Waals surface area contributed by atoms with Gasteiger partial charge < -0.3 is 14.4 Å². The molecular formula is C31H34Cl2SiZr-4. The smallest absolute Gasteiger partial charge is 0.0253 e. The van der Waals surface area contributed by atoms with E-state index in [2.05, 4.69) is 98.8 Å². The summed E-state index contributed by atoms with van der Waals surface area (Å²) in [5.74, 6) is 0. The zero-order chi connectivity index (χ0) is 22.8. The Morgan fingerprint density at radius 1 is 0.686 bits per heavy atom. The molecule has 0 atom stereocenters. The third kappa shape index (κ3) is 8.57. The molecule has 0 aliphatic heterocycles. The van der Waals surface area contributed by atoms with Crippen molar-refractivity contribution in [3.63, 3.8) is 0 Å². The zero-order valence-electron chi connectivity index (χ0n) is 20.6. The number of hydrogen-bond donors (Lipinski definition) is 0. The van der Waals surface area contributed by atoms with Crippen LogP contribution in [0.4, 0.5) is 0 Å². The fourth-order valence-electron chi connectivity index (χ4n) is 4.00. The van der Waals surface area contributed by atoms with Gasteiger partial charge in [0.2, 0.25) is 0 Å². The summed E-state index contributed by atoms with van der Waals surface area (Å²) in [6, 6.07) is 36.2. The molecule has 4 aromatic rings. The van der Waals surface area contributed by atoms with E-state index in [4.69, 9.17) is 0 Å². The van der Waals surface area contributed by atoms with E-state index in [1.807, 2.05) is 19.0 Å². The largest absolute Gasteiger partial charge is 0.179 e. The third-order valence-electron chi connectivity index (χ3n) is 5.59. The van der Waals surface area contributed by atoms with Gasteiger partial charge in [0, 0.05) is 0 Å². The van der Waals surface area contributed by atoms with Gasteiger partial charge in [-0.3, -0.25) is 0 Å². The summed E-state index contributed by atoms with van der Waals surface area (Å²) in [4.78, 5) is 0. The Morgan fingerprint density at radius 3 is 1.40 bits per heavy atom. The van der Waals surface area contributed by atoms with Crippen LogP contribution < -0.4 is 0 Å². The molecule has 0 amide bonds. The molecule has 0 saturated carbocycles. The summed E-state index contributed by atoms with van der Waals surface area (Å²) in [7, 11) is 0. The fraction of sp³-hybridized carbons (Fsp3) is 0.161. The van der Waals surface area contributed by atoms with E-state index in [0.29, 0.717) is 0 Å². The van der Waals surface area contributed by atoms with Crippen LogP contribution in [0.5, 0.6) is 0 Å². The Bertz CT molecular complexity index is 982. The third-order valence-corrected chi connectivity index (χ3v) is 5.59. The van der Waals surface area contributed by atoms with Crippen molar-refractivity contribution in [3.05, 3.63) is 134 Å². The predicted molar refractivity (Wildman–Crippen MR) is 157 cm³/mol. The van der Waals surface area contributed by atoms with E-state index in [1.165, 1.54) is 50.9 Å². The molecule has 0 nitrogen and oxygen atoms in total. The standard InChI is InChI=1S/2C13H9.C4H9.CH3.2ClH.H2Si.Zr/c2*1-3-7-12-10(5-1)9-11-6-2-4-8-13(11)12;1-3-4-2;;;;;/h2*1-5,7-8H,9H2;1,3-4H2,2H3;1H3;2*1H;1H2;/q4*-1;;;;. The Hall–Kier alpha value is -1.44. The minimum absolute atomic E-state index is 0. The molecule has 4 heteroatoms. The van der Waals surface area contributed by atoms with Crippen LogP contribution in [0.15, 0.2) is 84.9 Å². The Kier molecular flexibility index (Phi) is 17.2. The van der Waals surface area contributed by atoms with Gasteiger partial charge in [-0.05, 0) is 12.8 Å². The van der Waals surface area contributed by atoms with E-state index >= 15 is 0 Å². The summed E-state index contributed by atoms with van der Waals surface area (Å²) in [6.07, 6.45) is 4.37. The van der Waals surface area contributed by atoms with Gasteiger partial charge in [0.25, 0.3) is 0 Å². The molecule has 0 unspecified atom stereocenters. The van der Waals surface area contributed by atoms with Crippen LogP contribution in [0.1, 0.15) is 42.0 Å². The van der Waals surface area contributed by atoms with Crippen LogP contribution in [-0.2, 0) is 36.2 Å². The molecule has 0 aromatic heterocycles. The molecule has 0 N–H and O–H groups in total. The van der Waals surface area contributed by atoms with Gasteiger partial charge in [-0.2, -0.15) is 66.1 Å². The number of benzene rings is 4. The summed E-state index contributed by atoms with van der Waals surface area (Å²) in [5, 5.41) is 0. The number of hydrogen-bond acceptors (Lipinski definition) is 0. The first kappa shape index (κ1) is 33.6. The van der Waals surface area contributed by atoms with Crippen LogP contribution in [0.3, 0.4) is 0 Å². The number of unbranched alkanes of at least 4 members (excludes halogenated alkanes) is 1. The number of halogens is 2. The van der Waals surface area contributed by atoms with E-state index in [-0.39, 0.29) is 32.2 Å². The first-order valence-electron chi connectivity index (χ1n) is 11.1. The summed E-state index contributed by atoms with van der Waals surface area (Å²) < 4.78 is 0. The topological polar surface area (TPSA) is 0 Å². The SMILES string of the molecule is Cl.Cl.[CH2-]CCC.[CH3-].[SiH2]=[Zr].[c-]1cccc2c1Cc1ccccc1-2.[c-]1cccc2c1Cc1ccccc1-2. The molecule has 6 rings (SSSR count). The van der Waals surface area contributed by atoms with Gasteiger partial charge in [-0.15, -0.1) is 35.9 Å². The molecule has 4 aromatic carbocycles. The molecule has 184 valence electrons. The second kappa shape index (κ2) is 17.9. The second-order valence-corrected chi connectivity index (χ2v) is 7.65. The fourth-order valence-corrected chi connectivity index (χ4v) is 4.00. The molecule has 0 fully saturated rings. The van der Waals surface area contributed by atoms with Crippen molar-refractivity contribution in [2.45, 2.75) is 32.6 Å². The van der Waals surface area contributed by atoms with Crippen LogP contribution in [0, 0.1) is 26.5 Å². The maximum Gasteiger partial charge on any atom is -0.0253 e. The normalized spacial score (nSPS) is 10.1. The van der Waals surface area contributed by atoms with Gasteiger partial charge in [-0.1, -0.05) is 84.1 Å². The summed E-state index contributed by atoms with van der Waals surface area (Å²) >= 11 is 1.58. The molecule has 2 aliphatic carbocycles. The Labute approximate surface area is 242 Å². The van der Waals surface area contributed by atoms with Crippen LogP contribution >= 0.6 is 24.8 Å². The minimum atomic E-state index is 0. The van der Waals surface area contributed by atoms with Crippen molar-refractivity contribution >= 4 is 31.7 Å². The van der Waals surface area contributed by atoms with Gasteiger partial charge in [0.15, 0.2) is 0 Å².